The van der Waals surface area contributed by atoms with E-state index in [-0.39, 0.29) is 6.54 Å². The summed E-state index contributed by atoms with van der Waals surface area (Å²) in [6.45, 7) is 3.20. The zero-order chi connectivity index (χ0) is 16.0. The van der Waals surface area contributed by atoms with Crippen LogP contribution in [0, 0.1) is 5.92 Å². The van der Waals surface area contributed by atoms with Crippen molar-refractivity contribution < 1.29 is 23.1 Å². The lowest BCUT2D eigenvalue weighted by molar-refractivity contribution is -0.137. The molecule has 0 aliphatic carbocycles. The molecule has 1 aromatic carbocycles. The molecule has 7 heteroatoms. The second-order valence-electron chi connectivity index (χ2n) is 5.07. The molecule has 0 fully saturated rings. The molecular formula is C14H19NO5S. The van der Waals surface area contributed by atoms with Gasteiger partial charge in [-0.2, -0.15) is 0 Å². The molecule has 0 saturated carbocycles. The highest BCUT2D eigenvalue weighted by Gasteiger charge is 2.36. The molecule has 0 aliphatic heterocycles. The van der Waals surface area contributed by atoms with Crippen LogP contribution in [0.3, 0.4) is 0 Å². The third kappa shape index (κ3) is 5.18. The molecule has 1 amide bonds. The zero-order valence-corrected chi connectivity index (χ0v) is 12.8. The Morgan fingerprint density at radius 3 is 2.24 bits per heavy atom. The number of aliphatic carboxylic acids is 1. The molecule has 2 N–H and O–H groups in total. The molecule has 0 saturated heterocycles. The van der Waals surface area contributed by atoms with Gasteiger partial charge in [0.15, 0.2) is 15.1 Å². The molecule has 0 aliphatic rings. The quantitative estimate of drug-likeness (QED) is 0.776. The van der Waals surface area contributed by atoms with E-state index in [1.165, 1.54) is 13.8 Å². The highest BCUT2D eigenvalue weighted by atomic mass is 32.2. The number of carboxylic acid groups (broad SMARTS) is 1. The summed E-state index contributed by atoms with van der Waals surface area (Å²) in [7, 11) is -4.04. The van der Waals surface area contributed by atoms with E-state index >= 15 is 0 Å². The van der Waals surface area contributed by atoms with E-state index in [2.05, 4.69) is 5.32 Å². The number of sulfone groups is 1. The summed E-state index contributed by atoms with van der Waals surface area (Å²) in [4.78, 5) is 22.7. The van der Waals surface area contributed by atoms with Gasteiger partial charge in [0, 0.05) is 6.54 Å². The van der Waals surface area contributed by atoms with Crippen molar-refractivity contribution in [2.24, 2.45) is 5.92 Å². The average molecular weight is 313 g/mol. The highest BCUT2D eigenvalue weighted by Crippen LogP contribution is 2.13. The minimum Gasteiger partial charge on any atom is -0.480 e. The Balaban J connectivity index is 2.66. The van der Waals surface area contributed by atoms with Crippen LogP contribution in [-0.2, 0) is 26.0 Å². The smallest absolute Gasteiger partial charge is 0.322 e. The maximum atomic E-state index is 12.0. The average Bonchev–Trinajstić information content (AvgIpc) is 2.35. The molecule has 1 aromatic rings. The van der Waals surface area contributed by atoms with E-state index in [1.807, 2.05) is 6.07 Å². The van der Waals surface area contributed by atoms with Crippen LogP contribution >= 0.6 is 0 Å². The van der Waals surface area contributed by atoms with Gasteiger partial charge in [0.1, 0.15) is 5.75 Å². The number of nitrogens with one attached hydrogen (secondary N) is 1. The fraction of sp³-hybridized carbons (Fsp3) is 0.429. The lowest BCUT2D eigenvalue weighted by Gasteiger charge is -2.16. The number of carboxylic acids is 1. The van der Waals surface area contributed by atoms with Crippen LogP contribution in [0.4, 0.5) is 0 Å². The van der Waals surface area contributed by atoms with E-state index in [0.29, 0.717) is 0 Å². The first-order chi connectivity index (χ1) is 9.74. The topological polar surface area (TPSA) is 101 Å². The van der Waals surface area contributed by atoms with E-state index in [4.69, 9.17) is 5.11 Å². The van der Waals surface area contributed by atoms with Crippen molar-refractivity contribution in [1.29, 1.82) is 0 Å². The first-order valence-corrected chi connectivity index (χ1v) is 8.20. The van der Waals surface area contributed by atoms with Gasteiger partial charge in [0.05, 0.1) is 0 Å². The maximum absolute atomic E-state index is 12.0. The molecule has 116 valence electrons. The van der Waals surface area contributed by atoms with Crippen molar-refractivity contribution in [3.05, 3.63) is 35.9 Å². The number of carbonyl (C=O) groups excluding carboxylic acids is 1. The Hall–Kier alpha value is -1.89. The predicted molar refractivity (Wildman–Crippen MR) is 78.3 cm³/mol. The molecule has 0 aromatic heterocycles. The fourth-order valence-corrected chi connectivity index (χ4v) is 3.76. The van der Waals surface area contributed by atoms with Crippen molar-refractivity contribution in [3.8, 4) is 0 Å². The Labute approximate surface area is 124 Å². The van der Waals surface area contributed by atoms with Gasteiger partial charge in [-0.15, -0.1) is 0 Å². The molecule has 0 heterocycles. The first kappa shape index (κ1) is 17.2. The molecule has 0 bridgehead atoms. The fourth-order valence-electron chi connectivity index (χ4n) is 1.97. The summed E-state index contributed by atoms with van der Waals surface area (Å²) in [5, 5.41) is 9.90. The van der Waals surface area contributed by atoms with Gasteiger partial charge in [-0.1, -0.05) is 44.2 Å². The summed E-state index contributed by atoms with van der Waals surface area (Å²) in [6, 6.07) is 9.02. The summed E-state index contributed by atoms with van der Waals surface area (Å²) >= 11 is 0. The normalized spacial score (nSPS) is 12.9. The number of hydrogen-bond donors (Lipinski definition) is 2. The summed E-state index contributed by atoms with van der Waals surface area (Å²) in [5.41, 5.74) is 0.835. The van der Waals surface area contributed by atoms with Crippen molar-refractivity contribution >= 4 is 21.7 Å². The highest BCUT2D eigenvalue weighted by molar-refractivity contribution is 7.93. The standard InChI is InChI=1S/C14H19NO5S/c1-10(2)13(14(17)18)21(19,20)9-12(16)15-8-11-6-4-3-5-7-11/h3-7,10,13H,8-9H2,1-2H3,(H,15,16)(H,17,18). The van der Waals surface area contributed by atoms with Crippen LogP contribution in [0.25, 0.3) is 0 Å². The van der Waals surface area contributed by atoms with E-state index in [9.17, 15) is 18.0 Å². The van der Waals surface area contributed by atoms with E-state index in [0.717, 1.165) is 5.56 Å². The van der Waals surface area contributed by atoms with Gasteiger partial charge >= 0.3 is 5.97 Å². The van der Waals surface area contributed by atoms with Crippen LogP contribution in [0.1, 0.15) is 19.4 Å². The van der Waals surface area contributed by atoms with Crippen LogP contribution in [0.2, 0.25) is 0 Å². The Morgan fingerprint density at radius 2 is 1.76 bits per heavy atom. The molecular weight excluding hydrogens is 294 g/mol. The number of benzene rings is 1. The summed E-state index contributed by atoms with van der Waals surface area (Å²) in [5.74, 6) is -3.56. The zero-order valence-electron chi connectivity index (χ0n) is 11.9. The van der Waals surface area contributed by atoms with E-state index < -0.39 is 38.6 Å². The van der Waals surface area contributed by atoms with Crippen LogP contribution < -0.4 is 5.32 Å². The number of carbonyl (C=O) groups is 2. The first-order valence-electron chi connectivity index (χ1n) is 6.49. The van der Waals surface area contributed by atoms with Crippen LogP contribution in [0.15, 0.2) is 30.3 Å². The van der Waals surface area contributed by atoms with Crippen molar-refractivity contribution in [1.82, 2.24) is 5.32 Å². The molecule has 1 atom stereocenters. The van der Waals surface area contributed by atoms with Crippen LogP contribution in [0.5, 0.6) is 0 Å². The maximum Gasteiger partial charge on any atom is 0.322 e. The summed E-state index contributed by atoms with van der Waals surface area (Å²) < 4.78 is 24.0. The molecule has 0 radical (unpaired) electrons. The van der Waals surface area contributed by atoms with Gasteiger partial charge in [-0.25, -0.2) is 8.42 Å². The third-order valence-corrected chi connectivity index (χ3v) is 5.08. The molecule has 6 nitrogen and oxygen atoms in total. The Bertz CT molecular complexity index is 595. The Morgan fingerprint density at radius 1 is 1.19 bits per heavy atom. The monoisotopic (exact) mass is 313 g/mol. The molecule has 0 spiro atoms. The van der Waals surface area contributed by atoms with Gasteiger partial charge in [0.25, 0.3) is 0 Å². The van der Waals surface area contributed by atoms with Crippen molar-refractivity contribution in [2.45, 2.75) is 25.6 Å². The van der Waals surface area contributed by atoms with Gasteiger partial charge in [0.2, 0.25) is 5.91 Å². The molecule has 1 rings (SSSR count). The number of rotatable bonds is 7. The number of hydrogen-bond acceptors (Lipinski definition) is 4. The number of amides is 1. The van der Waals surface area contributed by atoms with Crippen LogP contribution in [-0.4, -0.2) is 36.4 Å². The SMILES string of the molecule is CC(C)C(C(=O)O)S(=O)(=O)CC(=O)NCc1ccccc1. The van der Waals surface area contributed by atoms with Gasteiger partial charge < -0.3 is 10.4 Å². The van der Waals surface area contributed by atoms with Crippen molar-refractivity contribution in [3.63, 3.8) is 0 Å². The van der Waals surface area contributed by atoms with Crippen molar-refractivity contribution in [2.75, 3.05) is 5.75 Å². The van der Waals surface area contributed by atoms with Gasteiger partial charge in [-0.3, -0.25) is 9.59 Å². The Kier molecular flexibility index (Phi) is 5.90. The lowest BCUT2D eigenvalue weighted by Crippen LogP contribution is -2.41. The molecule has 21 heavy (non-hydrogen) atoms. The minimum atomic E-state index is -4.04. The second kappa shape index (κ2) is 7.21. The largest absolute Gasteiger partial charge is 0.480 e. The van der Waals surface area contributed by atoms with E-state index in [1.54, 1.807) is 24.3 Å². The second-order valence-corrected chi connectivity index (χ2v) is 7.19. The predicted octanol–water partition coefficient (Wildman–Crippen LogP) is 0.827. The molecule has 1 unspecified atom stereocenters. The third-order valence-electron chi connectivity index (χ3n) is 2.90. The summed E-state index contributed by atoms with van der Waals surface area (Å²) in [6.07, 6.45) is 0. The lowest BCUT2D eigenvalue weighted by atomic mass is 10.1. The minimum absolute atomic E-state index is 0.203. The van der Waals surface area contributed by atoms with Gasteiger partial charge in [-0.05, 0) is 11.5 Å².